The number of carboxylic acids is 1. The third kappa shape index (κ3) is 7.21. The fourth-order valence-electron chi connectivity index (χ4n) is 7.53. The number of rotatable bonds is 13. The quantitative estimate of drug-likeness (QED) is 0.0476. The van der Waals surface area contributed by atoms with Crippen LogP contribution in [0.1, 0.15) is 61.4 Å². The van der Waals surface area contributed by atoms with E-state index in [1.54, 1.807) is 4.90 Å². The number of thiazole rings is 1. The zero-order valence-electron chi connectivity index (χ0n) is 29.5. The van der Waals surface area contributed by atoms with Crippen molar-refractivity contribution in [3.05, 3.63) is 44.1 Å². The Kier molecular flexibility index (Phi) is 10.2. The lowest BCUT2D eigenvalue weighted by Gasteiger charge is -2.56. The molecule has 8 rings (SSSR count). The predicted molar refractivity (Wildman–Crippen MR) is 201 cm³/mol. The summed E-state index contributed by atoms with van der Waals surface area (Å²) in [6.45, 7) is 6.20. The van der Waals surface area contributed by atoms with Gasteiger partial charge >= 0.3 is 5.97 Å². The zero-order valence-corrected chi connectivity index (χ0v) is 32.7. The number of thioether (sulfide) groups is 1. The van der Waals surface area contributed by atoms with Crippen molar-refractivity contribution in [1.82, 2.24) is 35.8 Å². The van der Waals surface area contributed by atoms with E-state index >= 15 is 0 Å². The second-order valence-electron chi connectivity index (χ2n) is 14.8. The van der Waals surface area contributed by atoms with Crippen molar-refractivity contribution in [2.24, 2.45) is 16.5 Å². The van der Waals surface area contributed by atoms with Crippen molar-refractivity contribution < 1.29 is 43.8 Å². The van der Waals surface area contributed by atoms with Gasteiger partial charge in [-0.1, -0.05) is 39.7 Å². The van der Waals surface area contributed by atoms with E-state index in [0.717, 1.165) is 60.3 Å². The van der Waals surface area contributed by atoms with Gasteiger partial charge < -0.3 is 35.7 Å². The fraction of sp³-hybridized carbons (Fsp3) is 0.485. The van der Waals surface area contributed by atoms with E-state index in [9.17, 15) is 34.5 Å². The molecule has 1 aromatic carbocycles. The summed E-state index contributed by atoms with van der Waals surface area (Å²) < 4.78 is 0.857. The number of nitrogens with one attached hydrogen (secondary N) is 2. The van der Waals surface area contributed by atoms with Crippen LogP contribution >= 0.6 is 46.3 Å². The van der Waals surface area contributed by atoms with E-state index in [2.05, 4.69) is 36.1 Å². The van der Waals surface area contributed by atoms with E-state index in [1.165, 1.54) is 37.7 Å². The molecule has 4 saturated heterocycles. The van der Waals surface area contributed by atoms with Crippen LogP contribution in [-0.2, 0) is 19.2 Å². The molecule has 2 aromatic heterocycles. The number of H-pyrrole nitrogens is 1. The van der Waals surface area contributed by atoms with Crippen LogP contribution in [0.15, 0.2) is 22.9 Å². The number of nitrogens with two attached hydrogens (primary N) is 1. The number of fused-ring (bicyclic) bond motifs is 4. The molecule has 0 aliphatic carbocycles. The second kappa shape index (κ2) is 14.5. The number of carbonyl (C=O) groups excluding carboxylic acids is 3. The molecule has 292 valence electrons. The highest BCUT2D eigenvalue weighted by molar-refractivity contribution is 8.00. The highest BCUT2D eigenvalue weighted by Gasteiger charge is 2.56. The SMILES string of the molecule is CC(C)(O/N=C(\C(=O)C[C@@H]1C(=O)N2C(c3nn[nH]n3)=C(C[N+]34CCC(CNC(=O)c5ccc(O)c(O)c5Cl)(CC3)CC4)CS[C@H]12)c1nc(N)sc1Cl)C(=O)O. The molecule has 18 nitrogen and oxygen atoms in total. The highest BCUT2D eigenvalue weighted by Crippen LogP contribution is 2.50. The molecule has 0 radical (unpaired) electrons. The van der Waals surface area contributed by atoms with Crippen LogP contribution in [0.25, 0.3) is 5.70 Å². The summed E-state index contributed by atoms with van der Waals surface area (Å²) in [6, 6.07) is 2.60. The number of amides is 2. The summed E-state index contributed by atoms with van der Waals surface area (Å²) in [4.78, 5) is 63.4. The summed E-state index contributed by atoms with van der Waals surface area (Å²) in [5.74, 6) is -3.53. The third-order valence-corrected chi connectivity index (χ3v) is 13.8. The van der Waals surface area contributed by atoms with Gasteiger partial charge in [0.05, 0.1) is 47.2 Å². The number of carbonyl (C=O) groups is 4. The van der Waals surface area contributed by atoms with Crippen LogP contribution in [0.3, 0.4) is 0 Å². The molecular weight excluding hydrogens is 799 g/mol. The third-order valence-electron chi connectivity index (χ3n) is 10.9. The predicted octanol–water partition coefficient (Wildman–Crippen LogP) is 2.87. The van der Waals surface area contributed by atoms with Crippen LogP contribution in [0.2, 0.25) is 9.36 Å². The standard InChI is InChI=1S/C33H36Cl2N10O8S2/c1-32(2,30(51)52)53-41-21(22-25(35)55-31(36)38-22)19(47)11-17-28(50)44-23(26-39-42-43-40-26)15(13-54-29(17)44)12-45-8-5-33(6-9-45,7-10-45)14-37-27(49)16-3-4-18(46)24(48)20(16)34/h3-4,17,29H,5-14H2,1-2H3,(H6-,36,37,38,39,40,41,42,43,46,47,48,49,51,52)/p+1/t17-,29-,33?,45?/m1/s1. The van der Waals surface area contributed by atoms with Gasteiger partial charge in [0, 0.05) is 49.0 Å². The Morgan fingerprint density at radius 2 is 1.91 bits per heavy atom. The highest BCUT2D eigenvalue weighted by atomic mass is 35.5. The van der Waals surface area contributed by atoms with Crippen molar-refractivity contribution in [1.29, 1.82) is 0 Å². The Bertz CT molecular complexity index is 2120. The van der Waals surface area contributed by atoms with Gasteiger partial charge in [-0.05, 0) is 31.2 Å². The number of quaternary nitrogens is 1. The number of carboxylic acid groups (broad SMARTS) is 1. The van der Waals surface area contributed by atoms with E-state index in [-0.39, 0.29) is 55.0 Å². The van der Waals surface area contributed by atoms with Crippen molar-refractivity contribution in [2.75, 3.05) is 44.2 Å². The minimum Gasteiger partial charge on any atom is -0.504 e. The molecule has 4 fully saturated rings. The maximum absolute atomic E-state index is 14.0. The number of ketones is 1. The Hall–Kier alpha value is -4.50. The van der Waals surface area contributed by atoms with Crippen LogP contribution in [0.4, 0.5) is 5.13 Å². The molecule has 3 aromatic rings. The molecule has 55 heavy (non-hydrogen) atoms. The van der Waals surface area contributed by atoms with Crippen LogP contribution < -0.4 is 11.1 Å². The number of hydrogen-bond donors (Lipinski definition) is 6. The average Bonchev–Trinajstić information content (AvgIpc) is 3.81. The first-order chi connectivity index (χ1) is 26.0. The number of Topliss-reactive ketones (excluding diaryl/α,β-unsaturated/α-hetero) is 1. The maximum Gasteiger partial charge on any atom is 0.350 e. The van der Waals surface area contributed by atoms with Crippen molar-refractivity contribution in [3.8, 4) is 11.5 Å². The molecule has 5 aliphatic heterocycles. The van der Waals surface area contributed by atoms with Gasteiger partial charge in [0.1, 0.15) is 16.6 Å². The number of oxime groups is 1. The van der Waals surface area contributed by atoms with E-state index in [0.29, 0.717) is 24.5 Å². The van der Waals surface area contributed by atoms with Gasteiger partial charge in [-0.2, -0.15) is 5.21 Å². The molecule has 2 atom stereocenters. The van der Waals surface area contributed by atoms with E-state index in [1.807, 2.05) is 0 Å². The number of aromatic nitrogens is 5. The maximum atomic E-state index is 14.0. The lowest BCUT2D eigenvalue weighted by atomic mass is 9.70. The first kappa shape index (κ1) is 38.8. The van der Waals surface area contributed by atoms with Crippen molar-refractivity contribution >= 4 is 86.4 Å². The summed E-state index contributed by atoms with van der Waals surface area (Å²) in [5, 5.41) is 50.2. The Balaban J connectivity index is 1.05. The van der Waals surface area contributed by atoms with Crippen molar-refractivity contribution in [3.63, 3.8) is 0 Å². The number of halogens is 2. The van der Waals surface area contributed by atoms with Gasteiger partial charge in [0.15, 0.2) is 28.1 Å². The van der Waals surface area contributed by atoms with Gasteiger partial charge in [0.25, 0.3) is 5.91 Å². The summed E-state index contributed by atoms with van der Waals surface area (Å²) in [7, 11) is 0. The number of phenols is 2. The van der Waals surface area contributed by atoms with E-state index in [4.69, 9.17) is 33.8 Å². The molecule has 0 unspecified atom stereocenters. The smallest absolute Gasteiger partial charge is 0.350 e. The summed E-state index contributed by atoms with van der Waals surface area (Å²) in [5.41, 5.74) is 5.19. The number of phenolic OH excluding ortho intramolecular Hbond substituents is 2. The van der Waals surface area contributed by atoms with Crippen LogP contribution in [-0.4, -0.2) is 129 Å². The lowest BCUT2D eigenvalue weighted by Crippen LogP contribution is -2.65. The minimum atomic E-state index is -1.77. The van der Waals surface area contributed by atoms with Gasteiger partial charge in [-0.15, -0.1) is 22.0 Å². The van der Waals surface area contributed by atoms with Gasteiger partial charge in [-0.3, -0.25) is 19.3 Å². The lowest BCUT2D eigenvalue weighted by molar-refractivity contribution is -0.941. The van der Waals surface area contributed by atoms with Crippen molar-refractivity contribution in [2.45, 2.75) is 50.5 Å². The minimum absolute atomic E-state index is 0.0598. The largest absolute Gasteiger partial charge is 0.504 e. The number of benzene rings is 1. The second-order valence-corrected chi connectivity index (χ2v) is 17.9. The number of aliphatic carboxylic acids is 1. The summed E-state index contributed by atoms with van der Waals surface area (Å²) >= 11 is 14.9. The first-order valence-electron chi connectivity index (χ1n) is 17.2. The number of aromatic hydroxyl groups is 2. The Labute approximate surface area is 331 Å². The number of piperidine rings is 3. The molecule has 7 N–H and O–H groups in total. The average molecular weight is 837 g/mol. The Morgan fingerprint density at radius 1 is 1.20 bits per heavy atom. The number of anilines is 1. The monoisotopic (exact) mass is 835 g/mol. The number of β-lactam (4-membered cyclic amide) rings is 1. The Morgan fingerprint density at radius 3 is 2.53 bits per heavy atom. The number of tetrazole rings is 1. The van der Waals surface area contributed by atoms with Gasteiger partial charge in [-0.25, -0.2) is 9.78 Å². The van der Waals surface area contributed by atoms with Crippen LogP contribution in [0.5, 0.6) is 11.5 Å². The number of nitrogen functional groups attached to an aromatic ring is 1. The number of nitrogens with zero attached hydrogens (tertiary/aromatic N) is 7. The number of aromatic amines is 1. The molecular formula is C33H37Cl2N10O8S2+. The fourth-order valence-corrected chi connectivity index (χ4v) is 10.1. The van der Waals surface area contributed by atoms with E-state index < -0.39 is 46.1 Å². The normalized spacial score (nSPS) is 25.1. The molecule has 7 heterocycles. The molecule has 5 aliphatic rings. The molecule has 0 spiro atoms. The topological polar surface area (TPSA) is 259 Å². The van der Waals surface area contributed by atoms with Gasteiger partial charge in [0.2, 0.25) is 17.3 Å². The first-order valence-corrected chi connectivity index (χ1v) is 19.8. The summed E-state index contributed by atoms with van der Waals surface area (Å²) in [6.07, 6.45) is 2.31. The molecule has 22 heteroatoms. The number of hydrogen-bond acceptors (Lipinski definition) is 15. The van der Waals surface area contributed by atoms with Crippen LogP contribution in [0, 0.1) is 11.3 Å². The molecule has 2 amide bonds. The molecule has 0 saturated carbocycles. The molecule has 2 bridgehead atoms. The zero-order chi connectivity index (χ0) is 39.4.